The topological polar surface area (TPSA) is 94.8 Å². The highest BCUT2D eigenvalue weighted by molar-refractivity contribution is 5.67. The van der Waals surface area contributed by atoms with E-state index in [0.717, 1.165) is 0 Å². The Morgan fingerprint density at radius 3 is 1.69 bits per heavy atom. The molecular formula is C10H22NO5+. The van der Waals surface area contributed by atoms with Gasteiger partial charge in [0.15, 0.2) is 0 Å². The highest BCUT2D eigenvalue weighted by atomic mass is 16.4. The summed E-state index contributed by atoms with van der Waals surface area (Å²) in [5.74, 6) is -1.70. The number of aliphatic hydroxyl groups is 1. The first-order valence-corrected chi connectivity index (χ1v) is 5.00. The molecule has 3 N–H and O–H groups in total. The van der Waals surface area contributed by atoms with Crippen LogP contribution in [0.2, 0.25) is 0 Å². The van der Waals surface area contributed by atoms with Gasteiger partial charge in [-0.3, -0.25) is 9.59 Å². The van der Waals surface area contributed by atoms with Crippen LogP contribution in [0.4, 0.5) is 0 Å². The Bertz CT molecular complexity index is 222. The molecule has 0 amide bonds. The number of aliphatic carboxylic acids is 2. The Hall–Kier alpha value is -1.14. The lowest BCUT2D eigenvalue weighted by atomic mass is 10.2. The summed E-state index contributed by atoms with van der Waals surface area (Å²) >= 11 is 0. The molecule has 96 valence electrons. The Balaban J connectivity index is 0. The van der Waals surface area contributed by atoms with Gasteiger partial charge < -0.3 is 19.8 Å². The predicted octanol–water partition coefficient (Wildman–Crippen LogP) is 0.00920. The first kappa shape index (κ1) is 17.3. The van der Waals surface area contributed by atoms with Crippen LogP contribution in [-0.2, 0) is 9.59 Å². The van der Waals surface area contributed by atoms with Crippen LogP contribution >= 0.6 is 0 Å². The predicted molar refractivity (Wildman–Crippen MR) is 59.1 cm³/mol. The molecule has 0 aliphatic carbocycles. The van der Waals surface area contributed by atoms with E-state index in [2.05, 4.69) is 0 Å². The normalized spacial score (nSPS) is 12.3. The van der Waals surface area contributed by atoms with E-state index >= 15 is 0 Å². The lowest BCUT2D eigenvalue weighted by Gasteiger charge is -2.25. The number of hydrogen-bond donors (Lipinski definition) is 3. The second-order valence-corrected chi connectivity index (χ2v) is 4.47. The first-order chi connectivity index (χ1) is 7.08. The van der Waals surface area contributed by atoms with Crippen molar-refractivity contribution in [2.75, 3.05) is 27.7 Å². The molecule has 6 nitrogen and oxygen atoms in total. The van der Waals surface area contributed by atoms with Crippen LogP contribution in [-0.4, -0.2) is 65.5 Å². The third-order valence-corrected chi connectivity index (χ3v) is 1.47. The number of carbonyl (C=O) groups is 2. The largest absolute Gasteiger partial charge is 0.481 e. The summed E-state index contributed by atoms with van der Waals surface area (Å²) in [7, 11) is 5.72. The van der Waals surface area contributed by atoms with Crippen LogP contribution in [0.25, 0.3) is 0 Å². The zero-order chi connectivity index (χ0) is 13.4. The molecule has 0 rings (SSSR count). The van der Waals surface area contributed by atoms with E-state index in [9.17, 15) is 9.59 Å². The van der Waals surface area contributed by atoms with E-state index in [1.807, 2.05) is 21.1 Å². The summed E-state index contributed by atoms with van der Waals surface area (Å²) in [5.41, 5.74) is 0. The smallest absolute Gasteiger partial charge is 0.306 e. The molecule has 0 heterocycles. The van der Waals surface area contributed by atoms with Crippen LogP contribution in [0.15, 0.2) is 0 Å². The van der Waals surface area contributed by atoms with Gasteiger partial charge in [-0.05, 0) is 0 Å². The molecule has 1 atom stereocenters. The van der Waals surface area contributed by atoms with Crippen molar-refractivity contribution < 1.29 is 29.4 Å². The number of carboxylic acid groups (broad SMARTS) is 2. The third kappa shape index (κ3) is 18.6. The van der Waals surface area contributed by atoms with Gasteiger partial charge in [-0.1, -0.05) is 6.92 Å². The van der Waals surface area contributed by atoms with Crippen LogP contribution in [0, 0.1) is 0 Å². The molecule has 0 unspecified atom stereocenters. The van der Waals surface area contributed by atoms with E-state index in [0.29, 0.717) is 11.0 Å². The van der Waals surface area contributed by atoms with Crippen molar-refractivity contribution in [2.45, 2.75) is 25.9 Å². The van der Waals surface area contributed by atoms with Crippen molar-refractivity contribution in [3.63, 3.8) is 0 Å². The number of nitrogens with zero attached hydrogens (tertiary/aromatic N) is 1. The molecule has 0 aliphatic heterocycles. The molecule has 0 fully saturated rings. The number of quaternary nitrogens is 1. The Kier molecular flexibility index (Phi) is 8.70. The van der Waals surface area contributed by atoms with Crippen molar-refractivity contribution in [1.29, 1.82) is 0 Å². The fourth-order valence-electron chi connectivity index (χ4n) is 0.898. The molecule has 0 aromatic rings. The minimum Gasteiger partial charge on any atom is -0.481 e. The van der Waals surface area contributed by atoms with Gasteiger partial charge in [0.1, 0.15) is 12.6 Å². The Morgan fingerprint density at radius 2 is 1.50 bits per heavy atom. The van der Waals surface area contributed by atoms with E-state index in [1.165, 1.54) is 0 Å². The number of hydrogen-bond acceptors (Lipinski definition) is 3. The number of aliphatic hydroxyl groups excluding tert-OH is 1. The zero-order valence-corrected chi connectivity index (χ0v) is 10.3. The van der Waals surface area contributed by atoms with Gasteiger partial charge in [0.05, 0.1) is 27.6 Å². The molecular weight excluding hydrogens is 214 g/mol. The van der Waals surface area contributed by atoms with E-state index in [1.54, 1.807) is 6.92 Å². The molecule has 0 bridgehead atoms. The third-order valence-electron chi connectivity index (χ3n) is 1.47. The van der Waals surface area contributed by atoms with Crippen molar-refractivity contribution in [3.05, 3.63) is 0 Å². The second-order valence-electron chi connectivity index (χ2n) is 4.47. The number of rotatable bonds is 5. The zero-order valence-electron chi connectivity index (χ0n) is 10.3. The highest BCUT2D eigenvalue weighted by Gasteiger charge is 2.17. The number of carboxylic acids is 2. The van der Waals surface area contributed by atoms with Crippen LogP contribution < -0.4 is 0 Å². The molecule has 16 heavy (non-hydrogen) atoms. The van der Waals surface area contributed by atoms with E-state index in [-0.39, 0.29) is 12.8 Å². The van der Waals surface area contributed by atoms with Crippen LogP contribution in [0.1, 0.15) is 19.8 Å². The molecule has 0 spiro atoms. The summed E-state index contributed by atoms with van der Waals surface area (Å²) in [6.45, 7) is 2.06. The summed E-state index contributed by atoms with van der Waals surface area (Å²) in [6.07, 6.45) is -0.692. The monoisotopic (exact) mass is 236 g/mol. The standard InChI is InChI=1S/C7H15NO3.C3H6O2/c1-8(2,3)5-6(9)4-7(10)11;1-2-3(4)5/h6,9H,4-5H2,1-3H3;2H2,1H3,(H,4,5)/p+1/t6-;/m0./s1. The SMILES string of the molecule is CCC(=O)O.C[N+](C)(C)C[C@@H](O)CC(=O)O. The lowest BCUT2D eigenvalue weighted by molar-refractivity contribution is -0.873. The Labute approximate surface area is 95.7 Å². The fourth-order valence-corrected chi connectivity index (χ4v) is 0.898. The lowest BCUT2D eigenvalue weighted by Crippen LogP contribution is -2.42. The molecule has 0 radical (unpaired) electrons. The molecule has 0 aromatic carbocycles. The van der Waals surface area contributed by atoms with Crippen molar-refractivity contribution in [2.24, 2.45) is 0 Å². The molecule has 0 aliphatic rings. The van der Waals surface area contributed by atoms with Crippen LogP contribution in [0.5, 0.6) is 0 Å². The van der Waals surface area contributed by atoms with Gasteiger partial charge in [-0.2, -0.15) is 0 Å². The molecule has 0 saturated heterocycles. The number of likely N-dealkylation sites (N-methyl/N-ethyl adjacent to an activating group) is 1. The minimum atomic E-state index is -0.953. The quantitative estimate of drug-likeness (QED) is 0.584. The van der Waals surface area contributed by atoms with Gasteiger partial charge in [-0.15, -0.1) is 0 Å². The van der Waals surface area contributed by atoms with Crippen molar-refractivity contribution >= 4 is 11.9 Å². The highest BCUT2D eigenvalue weighted by Crippen LogP contribution is 1.98. The van der Waals surface area contributed by atoms with Crippen molar-refractivity contribution in [1.82, 2.24) is 0 Å². The average Bonchev–Trinajstić information content (AvgIpc) is 1.99. The van der Waals surface area contributed by atoms with Gasteiger partial charge in [0.25, 0.3) is 0 Å². The van der Waals surface area contributed by atoms with Gasteiger partial charge in [0.2, 0.25) is 0 Å². The molecule has 0 aromatic heterocycles. The maximum atomic E-state index is 10.1. The van der Waals surface area contributed by atoms with Gasteiger partial charge >= 0.3 is 11.9 Å². The summed E-state index contributed by atoms with van der Waals surface area (Å²) in [5, 5.41) is 25.2. The summed E-state index contributed by atoms with van der Waals surface area (Å²) < 4.78 is 0.578. The maximum absolute atomic E-state index is 10.1. The van der Waals surface area contributed by atoms with E-state index < -0.39 is 18.0 Å². The maximum Gasteiger partial charge on any atom is 0.306 e. The van der Waals surface area contributed by atoms with E-state index in [4.69, 9.17) is 15.3 Å². The van der Waals surface area contributed by atoms with Crippen molar-refractivity contribution in [3.8, 4) is 0 Å². The summed E-state index contributed by atoms with van der Waals surface area (Å²) in [4.78, 5) is 19.5. The average molecular weight is 236 g/mol. The van der Waals surface area contributed by atoms with Gasteiger partial charge in [0, 0.05) is 6.42 Å². The van der Waals surface area contributed by atoms with Crippen LogP contribution in [0.3, 0.4) is 0 Å². The fraction of sp³-hybridized carbons (Fsp3) is 0.800. The first-order valence-electron chi connectivity index (χ1n) is 5.00. The minimum absolute atomic E-state index is 0.171. The Morgan fingerprint density at radius 1 is 1.12 bits per heavy atom. The summed E-state index contributed by atoms with van der Waals surface area (Å²) in [6, 6.07) is 0. The molecule has 6 heteroatoms. The molecule has 0 saturated carbocycles. The second kappa shape index (κ2) is 8.06. The van der Waals surface area contributed by atoms with Gasteiger partial charge in [-0.25, -0.2) is 0 Å².